The van der Waals surface area contributed by atoms with Crippen LogP contribution in [-0.2, 0) is 11.3 Å². The number of ether oxygens (including phenoxy) is 2. The molecule has 116 valence electrons. The van der Waals surface area contributed by atoms with E-state index >= 15 is 0 Å². The summed E-state index contributed by atoms with van der Waals surface area (Å²) in [4.78, 5) is 6.63. The molecule has 4 heterocycles. The Morgan fingerprint density at radius 1 is 1.32 bits per heavy atom. The molecule has 0 unspecified atom stereocenters. The summed E-state index contributed by atoms with van der Waals surface area (Å²) in [5, 5.41) is 0. The molecule has 1 spiro atoms. The Kier molecular flexibility index (Phi) is 3.60. The highest BCUT2D eigenvalue weighted by molar-refractivity contribution is 5.12. The van der Waals surface area contributed by atoms with Crippen molar-refractivity contribution in [3.8, 4) is 5.88 Å². The molecular weight excluding hydrogens is 280 g/mol. The Morgan fingerprint density at radius 3 is 3.05 bits per heavy atom. The predicted molar refractivity (Wildman–Crippen MR) is 80.6 cm³/mol. The van der Waals surface area contributed by atoms with Gasteiger partial charge in [-0.25, -0.2) is 4.98 Å². The van der Waals surface area contributed by atoms with Gasteiger partial charge in [-0.05, 0) is 12.1 Å². The van der Waals surface area contributed by atoms with E-state index < -0.39 is 0 Å². The second-order valence-electron chi connectivity index (χ2n) is 6.21. The van der Waals surface area contributed by atoms with Gasteiger partial charge in [0, 0.05) is 50.3 Å². The third-order valence-corrected chi connectivity index (χ3v) is 4.38. The van der Waals surface area contributed by atoms with Crippen LogP contribution in [0, 0.1) is 0 Å². The standard InChI is InChI=1S/C17H20N2O3/c1-2-6-18-16(3-1)22-15-5-8-21-17(9-15)12-19(13-17)10-14-4-7-20-11-14/h1-4,6-7,11,15H,5,8-10,12-13H2/t15-/m0/s1. The van der Waals surface area contributed by atoms with Crippen molar-refractivity contribution in [1.82, 2.24) is 9.88 Å². The molecule has 2 aromatic rings. The maximum atomic E-state index is 6.05. The lowest BCUT2D eigenvalue weighted by Crippen LogP contribution is -2.65. The van der Waals surface area contributed by atoms with Gasteiger partial charge < -0.3 is 13.9 Å². The fourth-order valence-electron chi connectivity index (χ4n) is 3.41. The average molecular weight is 300 g/mol. The highest BCUT2D eigenvalue weighted by atomic mass is 16.5. The largest absolute Gasteiger partial charge is 0.474 e. The van der Waals surface area contributed by atoms with Crippen molar-refractivity contribution < 1.29 is 13.9 Å². The van der Waals surface area contributed by atoms with E-state index in [4.69, 9.17) is 13.9 Å². The van der Waals surface area contributed by atoms with Gasteiger partial charge in [0.25, 0.3) is 0 Å². The first-order valence-electron chi connectivity index (χ1n) is 7.76. The number of pyridine rings is 1. The SMILES string of the molecule is c1ccc(O[C@H]2CCOC3(C2)CN(Cc2ccoc2)C3)nc1. The third-order valence-electron chi connectivity index (χ3n) is 4.38. The van der Waals surface area contributed by atoms with Gasteiger partial charge in [-0.15, -0.1) is 0 Å². The minimum Gasteiger partial charge on any atom is -0.474 e. The van der Waals surface area contributed by atoms with Crippen molar-refractivity contribution in [3.63, 3.8) is 0 Å². The molecule has 0 amide bonds. The molecule has 0 N–H and O–H groups in total. The summed E-state index contributed by atoms with van der Waals surface area (Å²) in [7, 11) is 0. The summed E-state index contributed by atoms with van der Waals surface area (Å²) >= 11 is 0. The fourth-order valence-corrected chi connectivity index (χ4v) is 3.41. The summed E-state index contributed by atoms with van der Waals surface area (Å²) in [6, 6.07) is 7.78. The summed E-state index contributed by atoms with van der Waals surface area (Å²) < 4.78 is 17.2. The van der Waals surface area contributed by atoms with Crippen LogP contribution in [0.3, 0.4) is 0 Å². The van der Waals surface area contributed by atoms with Crippen LogP contribution in [0.1, 0.15) is 18.4 Å². The molecule has 5 nitrogen and oxygen atoms in total. The van der Waals surface area contributed by atoms with E-state index in [2.05, 4.69) is 9.88 Å². The van der Waals surface area contributed by atoms with Crippen molar-refractivity contribution in [3.05, 3.63) is 48.6 Å². The highest BCUT2D eigenvalue weighted by Gasteiger charge is 2.48. The zero-order chi connectivity index (χ0) is 14.8. The molecule has 0 aromatic carbocycles. The Balaban J connectivity index is 1.32. The quantitative estimate of drug-likeness (QED) is 0.868. The van der Waals surface area contributed by atoms with E-state index in [1.54, 1.807) is 18.7 Å². The van der Waals surface area contributed by atoms with Crippen molar-refractivity contribution in [2.75, 3.05) is 19.7 Å². The lowest BCUT2D eigenvalue weighted by atomic mass is 9.84. The lowest BCUT2D eigenvalue weighted by molar-refractivity contribution is -0.188. The van der Waals surface area contributed by atoms with Crippen molar-refractivity contribution in [1.29, 1.82) is 0 Å². The highest BCUT2D eigenvalue weighted by Crippen LogP contribution is 2.36. The number of likely N-dealkylation sites (tertiary alicyclic amines) is 1. The monoisotopic (exact) mass is 300 g/mol. The number of furan rings is 1. The molecule has 5 heteroatoms. The van der Waals surface area contributed by atoms with Gasteiger partial charge in [-0.3, -0.25) is 4.90 Å². The summed E-state index contributed by atoms with van der Waals surface area (Å²) in [5.41, 5.74) is 1.17. The van der Waals surface area contributed by atoms with Crippen LogP contribution in [0.5, 0.6) is 5.88 Å². The maximum Gasteiger partial charge on any atom is 0.213 e. The number of rotatable bonds is 4. The smallest absolute Gasteiger partial charge is 0.213 e. The molecule has 4 rings (SSSR count). The Morgan fingerprint density at radius 2 is 2.27 bits per heavy atom. The zero-order valence-corrected chi connectivity index (χ0v) is 12.5. The van der Waals surface area contributed by atoms with Crippen LogP contribution in [0.4, 0.5) is 0 Å². The molecule has 1 atom stereocenters. The molecular formula is C17H20N2O3. The number of aromatic nitrogens is 1. The van der Waals surface area contributed by atoms with Crippen LogP contribution in [0.25, 0.3) is 0 Å². The Bertz CT molecular complexity index is 594. The first kappa shape index (κ1) is 13.8. The second-order valence-corrected chi connectivity index (χ2v) is 6.21. The Hall–Kier alpha value is -1.85. The zero-order valence-electron chi connectivity index (χ0n) is 12.5. The molecule has 2 aliphatic rings. The van der Waals surface area contributed by atoms with E-state index in [9.17, 15) is 0 Å². The molecule has 0 saturated carbocycles. The van der Waals surface area contributed by atoms with Gasteiger partial charge in [0.2, 0.25) is 5.88 Å². The summed E-state index contributed by atoms with van der Waals surface area (Å²) in [6.45, 7) is 3.60. The maximum absolute atomic E-state index is 6.05. The Labute approximate surface area is 129 Å². The minimum absolute atomic E-state index is 0.0402. The van der Waals surface area contributed by atoms with Gasteiger partial charge in [0.15, 0.2) is 0 Å². The van der Waals surface area contributed by atoms with Crippen LogP contribution >= 0.6 is 0 Å². The third kappa shape index (κ3) is 2.87. The predicted octanol–water partition coefficient (Wildman–Crippen LogP) is 2.49. The van der Waals surface area contributed by atoms with Crippen molar-refractivity contribution in [2.45, 2.75) is 31.1 Å². The number of nitrogens with zero attached hydrogens (tertiary/aromatic N) is 2. The number of hydrogen-bond acceptors (Lipinski definition) is 5. The molecule has 2 saturated heterocycles. The van der Waals surface area contributed by atoms with E-state index in [-0.39, 0.29) is 11.7 Å². The van der Waals surface area contributed by atoms with Gasteiger partial charge in [0.05, 0.1) is 24.7 Å². The van der Waals surface area contributed by atoms with Gasteiger partial charge in [-0.1, -0.05) is 6.07 Å². The van der Waals surface area contributed by atoms with Crippen molar-refractivity contribution >= 4 is 0 Å². The molecule has 2 aliphatic heterocycles. The van der Waals surface area contributed by atoms with Gasteiger partial charge in [0.1, 0.15) is 6.10 Å². The fraction of sp³-hybridized carbons (Fsp3) is 0.471. The molecule has 2 aromatic heterocycles. The van der Waals surface area contributed by atoms with Crippen LogP contribution < -0.4 is 4.74 Å². The summed E-state index contributed by atoms with van der Waals surface area (Å²) in [5.74, 6) is 0.708. The molecule has 0 radical (unpaired) electrons. The molecule has 2 fully saturated rings. The topological polar surface area (TPSA) is 47.7 Å². The van der Waals surface area contributed by atoms with Crippen LogP contribution in [0.2, 0.25) is 0 Å². The second kappa shape index (κ2) is 5.74. The first-order chi connectivity index (χ1) is 10.8. The van der Waals surface area contributed by atoms with E-state index in [1.807, 2.05) is 24.3 Å². The summed E-state index contributed by atoms with van der Waals surface area (Å²) in [6.07, 6.45) is 7.35. The molecule has 22 heavy (non-hydrogen) atoms. The van der Waals surface area contributed by atoms with Crippen LogP contribution in [-0.4, -0.2) is 41.3 Å². The molecule has 0 aliphatic carbocycles. The van der Waals surface area contributed by atoms with Crippen LogP contribution in [0.15, 0.2) is 47.4 Å². The molecule has 0 bridgehead atoms. The lowest BCUT2D eigenvalue weighted by Gasteiger charge is -2.53. The van der Waals surface area contributed by atoms with Gasteiger partial charge >= 0.3 is 0 Å². The normalized spacial score (nSPS) is 24.1. The van der Waals surface area contributed by atoms with E-state index in [1.165, 1.54) is 5.56 Å². The van der Waals surface area contributed by atoms with Crippen molar-refractivity contribution in [2.24, 2.45) is 0 Å². The first-order valence-corrected chi connectivity index (χ1v) is 7.76. The average Bonchev–Trinajstić information content (AvgIpc) is 3.00. The van der Waals surface area contributed by atoms with Gasteiger partial charge in [-0.2, -0.15) is 0 Å². The number of hydrogen-bond donors (Lipinski definition) is 0. The van der Waals surface area contributed by atoms with E-state index in [0.717, 1.165) is 39.1 Å². The van der Waals surface area contributed by atoms with E-state index in [0.29, 0.717) is 5.88 Å². The minimum atomic E-state index is -0.0402.